The molecule has 5 nitrogen and oxygen atoms in total. The third-order valence-electron chi connectivity index (χ3n) is 3.09. The quantitative estimate of drug-likeness (QED) is 0.809. The first-order chi connectivity index (χ1) is 10.2. The average molecular weight is 289 g/mol. The average Bonchev–Trinajstić information content (AvgIpc) is 2.94. The molecule has 0 saturated heterocycles. The van der Waals surface area contributed by atoms with Crippen molar-refractivity contribution in [2.45, 2.75) is 39.7 Å². The number of hydrogen-bond acceptors (Lipinski definition) is 5. The number of rotatable bonds is 8. The van der Waals surface area contributed by atoms with Crippen molar-refractivity contribution in [1.82, 2.24) is 15.5 Å². The number of hydrogen-bond donors (Lipinski definition) is 1. The first-order valence-electron chi connectivity index (χ1n) is 7.52. The summed E-state index contributed by atoms with van der Waals surface area (Å²) >= 11 is 0. The molecule has 21 heavy (non-hydrogen) atoms. The number of aromatic nitrogens is 2. The van der Waals surface area contributed by atoms with Crippen LogP contribution in [-0.2, 0) is 6.42 Å². The molecule has 0 saturated carbocycles. The summed E-state index contributed by atoms with van der Waals surface area (Å²) in [6.07, 6.45) is 1.85. The Morgan fingerprint density at radius 2 is 2.19 bits per heavy atom. The van der Waals surface area contributed by atoms with Crippen LogP contribution in [0.1, 0.15) is 33.1 Å². The van der Waals surface area contributed by atoms with Crippen molar-refractivity contribution in [2.75, 3.05) is 13.2 Å². The molecule has 1 atom stereocenters. The molecule has 1 N–H and O–H groups in total. The van der Waals surface area contributed by atoms with Gasteiger partial charge in [0.15, 0.2) is 0 Å². The zero-order valence-corrected chi connectivity index (χ0v) is 12.9. The van der Waals surface area contributed by atoms with Gasteiger partial charge >= 0.3 is 0 Å². The summed E-state index contributed by atoms with van der Waals surface area (Å²) in [6.45, 7) is 7.87. The Balaban J connectivity index is 2.03. The molecule has 1 heterocycles. The highest BCUT2D eigenvalue weighted by molar-refractivity contribution is 5.56. The summed E-state index contributed by atoms with van der Waals surface area (Å²) in [5.41, 5.74) is 0.908. The van der Waals surface area contributed by atoms with Gasteiger partial charge in [0.2, 0.25) is 11.7 Å². The molecule has 0 fully saturated rings. The van der Waals surface area contributed by atoms with Crippen molar-refractivity contribution in [2.24, 2.45) is 0 Å². The van der Waals surface area contributed by atoms with Gasteiger partial charge in [0.1, 0.15) is 5.75 Å². The molecule has 0 aliphatic carbocycles. The fourth-order valence-electron chi connectivity index (χ4n) is 2.07. The normalized spacial score (nSPS) is 12.3. The highest BCUT2D eigenvalue weighted by Gasteiger charge is 2.12. The maximum Gasteiger partial charge on any atom is 0.228 e. The number of nitrogens with one attached hydrogen (secondary N) is 1. The molecule has 1 aromatic heterocycles. The van der Waals surface area contributed by atoms with Gasteiger partial charge in [-0.1, -0.05) is 24.2 Å². The molecule has 2 rings (SSSR count). The monoisotopic (exact) mass is 289 g/mol. The van der Waals surface area contributed by atoms with E-state index in [1.807, 2.05) is 31.2 Å². The molecular formula is C16H23N3O2. The smallest absolute Gasteiger partial charge is 0.228 e. The zero-order chi connectivity index (χ0) is 15.1. The van der Waals surface area contributed by atoms with Crippen molar-refractivity contribution in [3.63, 3.8) is 0 Å². The summed E-state index contributed by atoms with van der Waals surface area (Å²) in [7, 11) is 0. The van der Waals surface area contributed by atoms with Gasteiger partial charge in [-0.25, -0.2) is 0 Å². The van der Waals surface area contributed by atoms with Crippen molar-refractivity contribution >= 4 is 0 Å². The summed E-state index contributed by atoms with van der Waals surface area (Å²) in [5, 5.41) is 7.46. The third-order valence-corrected chi connectivity index (χ3v) is 3.09. The highest BCUT2D eigenvalue weighted by atomic mass is 16.5. The van der Waals surface area contributed by atoms with E-state index in [0.717, 1.165) is 30.7 Å². The lowest BCUT2D eigenvalue weighted by Gasteiger charge is -2.09. The van der Waals surface area contributed by atoms with Crippen LogP contribution in [0.15, 0.2) is 28.8 Å². The van der Waals surface area contributed by atoms with E-state index in [0.29, 0.717) is 24.4 Å². The van der Waals surface area contributed by atoms with Crippen LogP contribution in [0.5, 0.6) is 5.75 Å². The van der Waals surface area contributed by atoms with E-state index in [4.69, 9.17) is 9.26 Å². The first kappa shape index (κ1) is 15.5. The van der Waals surface area contributed by atoms with Gasteiger partial charge in [-0.2, -0.15) is 4.98 Å². The number of nitrogens with zero attached hydrogens (tertiary/aromatic N) is 2. The second-order valence-corrected chi connectivity index (χ2v) is 5.03. The summed E-state index contributed by atoms with van der Waals surface area (Å²) in [4.78, 5) is 4.46. The standard InChI is InChI=1S/C16H23N3O2/c1-4-9-17-12(3)10-15-18-16(19-21-15)13-7-6-8-14(11-13)20-5-2/h6-8,11-12,17H,4-5,9-10H2,1-3H3. The third kappa shape index (κ3) is 4.56. The molecule has 2 aromatic rings. The maximum absolute atomic E-state index is 5.49. The molecule has 0 bridgehead atoms. The van der Waals surface area contributed by atoms with Gasteiger partial charge < -0.3 is 14.6 Å². The van der Waals surface area contributed by atoms with E-state index < -0.39 is 0 Å². The molecule has 0 aliphatic heterocycles. The van der Waals surface area contributed by atoms with E-state index in [1.165, 1.54) is 0 Å². The minimum atomic E-state index is 0.327. The Morgan fingerprint density at radius 3 is 2.95 bits per heavy atom. The fraction of sp³-hybridized carbons (Fsp3) is 0.500. The molecule has 0 spiro atoms. The predicted molar refractivity (Wildman–Crippen MR) is 82.4 cm³/mol. The summed E-state index contributed by atoms with van der Waals surface area (Å²) in [5.74, 6) is 2.08. The van der Waals surface area contributed by atoms with Crippen LogP contribution in [0.25, 0.3) is 11.4 Å². The van der Waals surface area contributed by atoms with E-state index in [1.54, 1.807) is 0 Å². The minimum Gasteiger partial charge on any atom is -0.494 e. The Labute approximate surface area is 125 Å². The van der Waals surface area contributed by atoms with E-state index >= 15 is 0 Å². The Bertz CT molecular complexity index is 554. The molecule has 1 unspecified atom stereocenters. The van der Waals surface area contributed by atoms with Gasteiger partial charge in [-0.15, -0.1) is 0 Å². The van der Waals surface area contributed by atoms with Crippen LogP contribution in [0.2, 0.25) is 0 Å². The molecule has 0 amide bonds. The van der Waals surface area contributed by atoms with Gasteiger partial charge in [-0.3, -0.25) is 0 Å². The van der Waals surface area contributed by atoms with Gasteiger partial charge in [0.25, 0.3) is 0 Å². The van der Waals surface area contributed by atoms with Crippen molar-refractivity contribution in [1.29, 1.82) is 0 Å². The summed E-state index contributed by atoms with van der Waals surface area (Å²) in [6, 6.07) is 8.06. The zero-order valence-electron chi connectivity index (χ0n) is 12.9. The lowest BCUT2D eigenvalue weighted by molar-refractivity contribution is 0.340. The molecule has 1 aromatic carbocycles. The van der Waals surface area contributed by atoms with Crippen LogP contribution in [0, 0.1) is 0 Å². The second kappa shape index (κ2) is 7.78. The van der Waals surface area contributed by atoms with E-state index in [9.17, 15) is 0 Å². The van der Waals surface area contributed by atoms with Crippen molar-refractivity contribution in [3.05, 3.63) is 30.2 Å². The largest absolute Gasteiger partial charge is 0.494 e. The van der Waals surface area contributed by atoms with Crippen LogP contribution in [0.4, 0.5) is 0 Å². The molecule has 0 aliphatic rings. The highest BCUT2D eigenvalue weighted by Crippen LogP contribution is 2.21. The Morgan fingerprint density at radius 1 is 1.33 bits per heavy atom. The van der Waals surface area contributed by atoms with Gasteiger partial charge in [0.05, 0.1) is 6.61 Å². The molecule has 0 radical (unpaired) electrons. The first-order valence-corrected chi connectivity index (χ1v) is 7.52. The van der Waals surface area contributed by atoms with Crippen molar-refractivity contribution in [3.8, 4) is 17.1 Å². The number of ether oxygens (including phenoxy) is 1. The summed E-state index contributed by atoms with van der Waals surface area (Å²) < 4.78 is 10.8. The van der Waals surface area contributed by atoms with Crippen LogP contribution in [0.3, 0.4) is 0 Å². The lowest BCUT2D eigenvalue weighted by Crippen LogP contribution is -2.28. The van der Waals surface area contributed by atoms with Crippen LogP contribution in [-0.4, -0.2) is 29.3 Å². The lowest BCUT2D eigenvalue weighted by atomic mass is 10.2. The maximum atomic E-state index is 5.49. The van der Waals surface area contributed by atoms with Crippen LogP contribution >= 0.6 is 0 Å². The molecule has 114 valence electrons. The van der Waals surface area contributed by atoms with Crippen LogP contribution < -0.4 is 10.1 Å². The topological polar surface area (TPSA) is 60.2 Å². The SMILES string of the molecule is CCCNC(C)Cc1nc(-c2cccc(OCC)c2)no1. The van der Waals surface area contributed by atoms with E-state index in [2.05, 4.69) is 29.3 Å². The van der Waals surface area contributed by atoms with E-state index in [-0.39, 0.29) is 0 Å². The van der Waals surface area contributed by atoms with Gasteiger partial charge in [-0.05, 0) is 38.9 Å². The number of benzene rings is 1. The predicted octanol–water partition coefficient (Wildman–Crippen LogP) is 3.07. The van der Waals surface area contributed by atoms with Crippen molar-refractivity contribution < 1.29 is 9.26 Å². The van der Waals surface area contributed by atoms with Gasteiger partial charge in [0, 0.05) is 18.0 Å². The Hall–Kier alpha value is -1.88. The molecule has 5 heteroatoms. The molecular weight excluding hydrogens is 266 g/mol. The fourth-order valence-corrected chi connectivity index (χ4v) is 2.07. The second-order valence-electron chi connectivity index (χ2n) is 5.03. The minimum absolute atomic E-state index is 0.327. The Kier molecular flexibility index (Phi) is 5.75.